The predicted octanol–water partition coefficient (Wildman–Crippen LogP) is -1.33. The van der Waals surface area contributed by atoms with E-state index in [0.29, 0.717) is 59.5 Å². The molecule has 0 spiro atoms. The molecule has 12 N–H and O–H groups in total. The average molecular weight is 487 g/mol. The van der Waals surface area contributed by atoms with Crippen LogP contribution in [0.5, 0.6) is 0 Å². The van der Waals surface area contributed by atoms with Gasteiger partial charge in [-0.15, -0.1) is 0 Å². The Morgan fingerprint density at radius 1 is 0.455 bits per heavy atom. The van der Waals surface area contributed by atoms with Crippen LogP contribution < -0.4 is 34.4 Å². The largest absolute Gasteiger partial charge is 0.378 e. The molecule has 0 aromatic carbocycles. The average Bonchev–Trinajstić information content (AvgIpc) is 2.71. The highest BCUT2D eigenvalue weighted by atomic mass is 16.6. The second-order valence-electron chi connectivity index (χ2n) is 7.89. The lowest BCUT2D eigenvalue weighted by Crippen LogP contribution is -2.27. The van der Waals surface area contributed by atoms with Gasteiger partial charge in [-0.25, -0.2) is 0 Å². The van der Waals surface area contributed by atoms with Crippen molar-refractivity contribution in [1.82, 2.24) is 0 Å². The Hall–Kier alpha value is -0.480. The highest BCUT2D eigenvalue weighted by Gasteiger charge is 2.03. The van der Waals surface area contributed by atoms with E-state index in [0.717, 1.165) is 0 Å². The summed E-state index contributed by atoms with van der Waals surface area (Å²) in [6.45, 7) is 15.2. The molecule has 0 rings (SSSR count). The minimum atomic E-state index is 0.0673. The second-order valence-corrected chi connectivity index (χ2v) is 7.89. The summed E-state index contributed by atoms with van der Waals surface area (Å²) in [6.07, 6.45) is 0.0673. The standard InChI is InChI=1S/C11H26N2O3.C6H16N2O.C4H12N2O2/c1-9(12)6-14-4-5-16-11(3)8-15-7-10(2)13;1-5(7)3-9-4-6(2)8;5-3-7-1-2-8-4-6/h9-11H,4-8,12-13H2,1-3H3;5-6H,3-4,7-8H2,1-2H3;1-6H2. The maximum Gasteiger partial charge on any atom is 0.0941 e. The van der Waals surface area contributed by atoms with Crippen LogP contribution in [-0.4, -0.2) is 103 Å². The van der Waals surface area contributed by atoms with E-state index in [4.69, 9.17) is 62.8 Å². The van der Waals surface area contributed by atoms with Crippen LogP contribution in [0.2, 0.25) is 0 Å². The zero-order chi connectivity index (χ0) is 25.9. The van der Waals surface area contributed by atoms with Crippen molar-refractivity contribution in [3.63, 3.8) is 0 Å². The van der Waals surface area contributed by atoms with Crippen LogP contribution in [0.15, 0.2) is 0 Å². The molecule has 0 aliphatic rings. The van der Waals surface area contributed by atoms with E-state index in [1.165, 1.54) is 0 Å². The summed E-state index contributed by atoms with van der Waals surface area (Å²) in [7, 11) is 0. The fourth-order valence-corrected chi connectivity index (χ4v) is 1.77. The minimum absolute atomic E-state index is 0.0673. The molecule has 12 heteroatoms. The number of ether oxygens (including phenoxy) is 6. The van der Waals surface area contributed by atoms with E-state index in [-0.39, 0.29) is 43.7 Å². The van der Waals surface area contributed by atoms with Gasteiger partial charge in [0.15, 0.2) is 0 Å². The van der Waals surface area contributed by atoms with Crippen molar-refractivity contribution in [1.29, 1.82) is 0 Å². The molecule has 12 nitrogen and oxygen atoms in total. The highest BCUT2D eigenvalue weighted by molar-refractivity contribution is 4.53. The molecule has 0 aromatic rings. The fraction of sp³-hybridized carbons (Fsp3) is 1.00. The maximum atomic E-state index is 5.55. The van der Waals surface area contributed by atoms with Gasteiger partial charge >= 0.3 is 0 Å². The summed E-state index contributed by atoms with van der Waals surface area (Å²) in [5, 5.41) is 0. The Bertz CT molecular complexity index is 341. The van der Waals surface area contributed by atoms with Gasteiger partial charge in [-0.05, 0) is 34.6 Å². The van der Waals surface area contributed by atoms with E-state index >= 15 is 0 Å². The van der Waals surface area contributed by atoms with E-state index in [1.807, 2.05) is 34.6 Å². The Labute approximate surface area is 201 Å². The molecular weight excluding hydrogens is 432 g/mol. The zero-order valence-corrected chi connectivity index (χ0v) is 21.6. The molecule has 33 heavy (non-hydrogen) atoms. The van der Waals surface area contributed by atoms with Gasteiger partial charge in [0.25, 0.3) is 0 Å². The SMILES string of the molecule is CC(N)COCC(C)N.CC(N)COCCOC(C)COCC(C)N.NCOCCOCN. The molecule has 5 unspecified atom stereocenters. The quantitative estimate of drug-likeness (QED) is 0.0925. The third kappa shape index (κ3) is 45.7. The zero-order valence-electron chi connectivity index (χ0n) is 21.6. The molecule has 0 aromatic heterocycles. The molecule has 0 amide bonds. The van der Waals surface area contributed by atoms with Crippen LogP contribution in [0.3, 0.4) is 0 Å². The Morgan fingerprint density at radius 3 is 1.15 bits per heavy atom. The Balaban J connectivity index is -0.000000449. The van der Waals surface area contributed by atoms with Gasteiger partial charge in [-0.3, -0.25) is 0 Å². The molecule has 0 heterocycles. The smallest absolute Gasteiger partial charge is 0.0941 e. The summed E-state index contributed by atoms with van der Waals surface area (Å²) in [5.74, 6) is 0. The molecule has 0 bridgehead atoms. The lowest BCUT2D eigenvalue weighted by molar-refractivity contribution is -0.0319. The first-order valence-electron chi connectivity index (χ1n) is 11.5. The molecule has 0 saturated carbocycles. The van der Waals surface area contributed by atoms with Crippen molar-refractivity contribution in [2.24, 2.45) is 34.4 Å². The van der Waals surface area contributed by atoms with Gasteiger partial charge in [-0.1, -0.05) is 0 Å². The first-order valence-corrected chi connectivity index (χ1v) is 11.5. The predicted molar refractivity (Wildman–Crippen MR) is 132 cm³/mol. The number of hydrogen-bond acceptors (Lipinski definition) is 12. The first-order chi connectivity index (χ1) is 15.6. The van der Waals surface area contributed by atoms with Gasteiger partial charge in [0.1, 0.15) is 0 Å². The van der Waals surface area contributed by atoms with E-state index in [1.54, 1.807) is 0 Å². The molecule has 0 aliphatic heterocycles. The van der Waals surface area contributed by atoms with Crippen molar-refractivity contribution in [3.8, 4) is 0 Å². The van der Waals surface area contributed by atoms with Gasteiger partial charge in [-0.2, -0.15) is 0 Å². The minimum Gasteiger partial charge on any atom is -0.378 e. The number of hydrogen-bond donors (Lipinski definition) is 6. The lowest BCUT2D eigenvalue weighted by Gasteiger charge is -2.14. The monoisotopic (exact) mass is 486 g/mol. The van der Waals surface area contributed by atoms with E-state index < -0.39 is 0 Å². The van der Waals surface area contributed by atoms with Crippen LogP contribution >= 0.6 is 0 Å². The third-order valence-electron chi connectivity index (χ3n) is 3.11. The Morgan fingerprint density at radius 2 is 0.788 bits per heavy atom. The van der Waals surface area contributed by atoms with Crippen LogP contribution in [0.1, 0.15) is 34.6 Å². The van der Waals surface area contributed by atoms with Gasteiger partial charge in [0.05, 0.1) is 79.0 Å². The molecule has 0 radical (unpaired) electrons. The lowest BCUT2D eigenvalue weighted by atomic mass is 10.4. The van der Waals surface area contributed by atoms with Gasteiger partial charge in [0, 0.05) is 24.2 Å². The third-order valence-corrected chi connectivity index (χ3v) is 3.11. The van der Waals surface area contributed by atoms with Crippen molar-refractivity contribution >= 4 is 0 Å². The van der Waals surface area contributed by atoms with Gasteiger partial charge < -0.3 is 62.8 Å². The van der Waals surface area contributed by atoms with E-state index in [2.05, 4.69) is 0 Å². The number of nitrogens with two attached hydrogens (primary N) is 6. The van der Waals surface area contributed by atoms with E-state index in [9.17, 15) is 0 Å². The van der Waals surface area contributed by atoms with Crippen LogP contribution in [0, 0.1) is 0 Å². The topological polar surface area (TPSA) is 212 Å². The van der Waals surface area contributed by atoms with Crippen LogP contribution in [0.25, 0.3) is 0 Å². The highest BCUT2D eigenvalue weighted by Crippen LogP contribution is 1.93. The summed E-state index contributed by atoms with van der Waals surface area (Å²) >= 11 is 0. The summed E-state index contributed by atoms with van der Waals surface area (Å²) < 4.78 is 30.7. The second kappa shape index (κ2) is 29.6. The summed E-state index contributed by atoms with van der Waals surface area (Å²) in [6, 6.07) is 0.376. The molecule has 0 fully saturated rings. The van der Waals surface area contributed by atoms with Crippen molar-refractivity contribution < 1.29 is 28.4 Å². The molecule has 0 saturated heterocycles. The fourth-order valence-electron chi connectivity index (χ4n) is 1.77. The van der Waals surface area contributed by atoms with Crippen LogP contribution in [-0.2, 0) is 28.4 Å². The maximum absolute atomic E-state index is 5.55. The van der Waals surface area contributed by atoms with Crippen LogP contribution in [0.4, 0.5) is 0 Å². The summed E-state index contributed by atoms with van der Waals surface area (Å²) in [5.41, 5.74) is 31.9. The first kappa shape index (κ1) is 37.1. The van der Waals surface area contributed by atoms with Crippen molar-refractivity contribution in [3.05, 3.63) is 0 Å². The summed E-state index contributed by atoms with van der Waals surface area (Å²) in [4.78, 5) is 0. The van der Waals surface area contributed by atoms with Crippen molar-refractivity contribution in [2.45, 2.75) is 64.9 Å². The molecular formula is C21H54N6O6. The molecule has 5 atom stereocenters. The molecule has 204 valence electrons. The number of rotatable bonds is 19. The normalized spacial score (nSPS) is 15.4. The molecule has 0 aliphatic carbocycles. The van der Waals surface area contributed by atoms with Crippen molar-refractivity contribution in [2.75, 3.05) is 72.9 Å². The van der Waals surface area contributed by atoms with Gasteiger partial charge in [0.2, 0.25) is 0 Å². The Kier molecular flexibility index (Phi) is 33.2.